The minimum Gasteiger partial charge on any atom is -0.459 e. The number of esters is 1. The molecule has 0 amide bonds. The highest BCUT2D eigenvalue weighted by Gasteiger charge is 2.11. The molecule has 0 aliphatic rings. The number of alkyl halides is 1. The lowest BCUT2D eigenvalue weighted by atomic mass is 10.1. The molecule has 2 aromatic rings. The molecule has 0 unspecified atom stereocenters. The van der Waals surface area contributed by atoms with E-state index in [9.17, 15) is 9.18 Å². The molecule has 2 rings (SSSR count). The molecular weight excluding hydrogens is 197 g/mol. The Kier molecular flexibility index (Phi) is 2.67. The van der Waals surface area contributed by atoms with Crippen molar-refractivity contribution in [1.29, 1.82) is 0 Å². The third-order valence-corrected chi connectivity index (χ3v) is 2.13. The van der Waals surface area contributed by atoms with E-state index in [0.717, 1.165) is 10.9 Å². The van der Waals surface area contributed by atoms with Crippen LogP contribution in [0.1, 0.15) is 10.4 Å². The topological polar surface area (TPSA) is 42.1 Å². The van der Waals surface area contributed by atoms with Crippen LogP contribution in [0.4, 0.5) is 4.39 Å². The maximum atomic E-state index is 11.8. The minimum atomic E-state index is -0.658. The third kappa shape index (κ3) is 1.83. The average molecular weight is 207 g/mol. The van der Waals surface area contributed by atoms with Crippen LogP contribution in [0.2, 0.25) is 0 Å². The Hall–Kier alpha value is -1.84. The van der Waals surface area contributed by atoms with E-state index in [1.807, 2.05) is 6.07 Å². The molecule has 1 aromatic carbocycles. The van der Waals surface area contributed by atoms with E-state index in [2.05, 4.69) is 4.98 Å². The fourth-order valence-corrected chi connectivity index (χ4v) is 1.47. The first kappa shape index (κ1) is 9.71. The maximum absolute atomic E-state index is 11.8. The van der Waals surface area contributed by atoms with E-state index in [0.29, 0.717) is 5.56 Å². The highest BCUT2D eigenvalue weighted by Crippen LogP contribution is 2.17. The summed E-state index contributed by atoms with van der Waals surface area (Å²) in [7, 11) is 0. The SMILES string of the molecule is O=C(OCCF)c1cccc2[nH]ccc12. The number of benzene rings is 1. The van der Waals surface area contributed by atoms with E-state index < -0.39 is 12.6 Å². The Balaban J connectivity index is 2.34. The number of fused-ring (bicyclic) bond motifs is 1. The molecule has 0 saturated carbocycles. The average Bonchev–Trinajstić information content (AvgIpc) is 2.73. The number of aromatic amines is 1. The fourth-order valence-electron chi connectivity index (χ4n) is 1.47. The van der Waals surface area contributed by atoms with Crippen LogP contribution in [0.3, 0.4) is 0 Å². The fraction of sp³-hybridized carbons (Fsp3) is 0.182. The predicted molar refractivity (Wildman–Crippen MR) is 54.6 cm³/mol. The zero-order valence-electron chi connectivity index (χ0n) is 8.00. The molecule has 0 saturated heterocycles. The highest BCUT2D eigenvalue weighted by atomic mass is 19.1. The van der Waals surface area contributed by atoms with Crippen molar-refractivity contribution in [2.75, 3.05) is 13.3 Å². The summed E-state index contributed by atoms with van der Waals surface area (Å²) < 4.78 is 16.6. The quantitative estimate of drug-likeness (QED) is 0.784. The van der Waals surface area contributed by atoms with Gasteiger partial charge in [0.05, 0.1) is 5.56 Å². The van der Waals surface area contributed by atoms with Crippen molar-refractivity contribution in [1.82, 2.24) is 4.98 Å². The molecular formula is C11H10FNO2. The van der Waals surface area contributed by atoms with Crippen LogP contribution < -0.4 is 0 Å². The van der Waals surface area contributed by atoms with Crippen LogP contribution in [0.5, 0.6) is 0 Å². The number of hydrogen-bond acceptors (Lipinski definition) is 2. The standard InChI is InChI=1S/C11H10FNO2/c12-5-7-15-11(14)9-2-1-3-10-8(9)4-6-13-10/h1-4,6,13H,5,7H2. The molecule has 0 radical (unpaired) electrons. The van der Waals surface area contributed by atoms with Crippen LogP contribution in [0.25, 0.3) is 10.9 Å². The van der Waals surface area contributed by atoms with Crippen molar-refractivity contribution in [3.8, 4) is 0 Å². The molecule has 1 N–H and O–H groups in total. The second-order valence-electron chi connectivity index (χ2n) is 3.07. The van der Waals surface area contributed by atoms with Gasteiger partial charge < -0.3 is 9.72 Å². The molecule has 15 heavy (non-hydrogen) atoms. The van der Waals surface area contributed by atoms with E-state index in [4.69, 9.17) is 4.74 Å². The molecule has 4 heteroatoms. The number of rotatable bonds is 3. The second-order valence-corrected chi connectivity index (χ2v) is 3.07. The molecule has 0 aliphatic carbocycles. The van der Waals surface area contributed by atoms with E-state index in [1.54, 1.807) is 24.4 Å². The zero-order chi connectivity index (χ0) is 10.7. The molecule has 1 aromatic heterocycles. The molecule has 0 bridgehead atoms. The summed E-state index contributed by atoms with van der Waals surface area (Å²) in [6.07, 6.45) is 1.75. The molecule has 0 atom stereocenters. The van der Waals surface area contributed by atoms with Gasteiger partial charge in [0, 0.05) is 17.1 Å². The van der Waals surface area contributed by atoms with Crippen LogP contribution in [-0.2, 0) is 4.74 Å². The lowest BCUT2D eigenvalue weighted by Crippen LogP contribution is -2.07. The number of H-pyrrole nitrogens is 1. The first-order chi connectivity index (χ1) is 7.33. The van der Waals surface area contributed by atoms with Crippen LogP contribution in [0.15, 0.2) is 30.5 Å². The molecule has 0 spiro atoms. The maximum Gasteiger partial charge on any atom is 0.338 e. The van der Waals surface area contributed by atoms with Gasteiger partial charge in [0.15, 0.2) is 0 Å². The van der Waals surface area contributed by atoms with Crippen molar-refractivity contribution in [2.24, 2.45) is 0 Å². The van der Waals surface area contributed by atoms with Gasteiger partial charge in [-0.25, -0.2) is 9.18 Å². The van der Waals surface area contributed by atoms with Gasteiger partial charge in [0.25, 0.3) is 0 Å². The van der Waals surface area contributed by atoms with Crippen molar-refractivity contribution in [2.45, 2.75) is 0 Å². The molecule has 0 aliphatic heterocycles. The van der Waals surface area contributed by atoms with Gasteiger partial charge in [-0.1, -0.05) is 6.07 Å². The van der Waals surface area contributed by atoms with Crippen molar-refractivity contribution in [3.63, 3.8) is 0 Å². The largest absolute Gasteiger partial charge is 0.459 e. The normalized spacial score (nSPS) is 10.5. The Morgan fingerprint density at radius 2 is 2.27 bits per heavy atom. The second kappa shape index (κ2) is 4.13. The zero-order valence-corrected chi connectivity index (χ0v) is 8.00. The number of ether oxygens (including phenoxy) is 1. The predicted octanol–water partition coefficient (Wildman–Crippen LogP) is 2.29. The van der Waals surface area contributed by atoms with Gasteiger partial charge in [0.2, 0.25) is 0 Å². The van der Waals surface area contributed by atoms with E-state index >= 15 is 0 Å². The van der Waals surface area contributed by atoms with Gasteiger partial charge in [-0.15, -0.1) is 0 Å². The Bertz CT molecular complexity index is 478. The number of aromatic nitrogens is 1. The lowest BCUT2D eigenvalue weighted by Gasteiger charge is -2.03. The Morgan fingerprint density at radius 1 is 1.40 bits per heavy atom. The first-order valence-electron chi connectivity index (χ1n) is 4.62. The van der Waals surface area contributed by atoms with E-state index in [1.165, 1.54) is 0 Å². The summed E-state index contributed by atoms with van der Waals surface area (Å²) >= 11 is 0. The summed E-state index contributed by atoms with van der Waals surface area (Å²) in [6.45, 7) is -0.853. The van der Waals surface area contributed by atoms with E-state index in [-0.39, 0.29) is 6.61 Å². The Labute approximate surface area is 85.9 Å². The van der Waals surface area contributed by atoms with Gasteiger partial charge in [0.1, 0.15) is 13.3 Å². The molecule has 3 nitrogen and oxygen atoms in total. The van der Waals surface area contributed by atoms with Crippen molar-refractivity contribution >= 4 is 16.9 Å². The number of halogens is 1. The van der Waals surface area contributed by atoms with Crippen molar-refractivity contribution in [3.05, 3.63) is 36.0 Å². The Morgan fingerprint density at radius 3 is 3.07 bits per heavy atom. The number of hydrogen-bond donors (Lipinski definition) is 1. The summed E-state index contributed by atoms with van der Waals surface area (Å²) in [5.41, 5.74) is 1.33. The summed E-state index contributed by atoms with van der Waals surface area (Å²) in [4.78, 5) is 14.5. The molecule has 0 fully saturated rings. The summed E-state index contributed by atoms with van der Waals surface area (Å²) in [5.74, 6) is -0.488. The molecule has 1 heterocycles. The number of carbonyl (C=O) groups is 1. The number of carbonyl (C=O) groups excluding carboxylic acids is 1. The van der Waals surface area contributed by atoms with Crippen LogP contribution in [-0.4, -0.2) is 24.2 Å². The number of nitrogens with one attached hydrogen (secondary N) is 1. The smallest absolute Gasteiger partial charge is 0.338 e. The summed E-state index contributed by atoms with van der Waals surface area (Å²) in [5, 5.41) is 0.793. The molecule has 78 valence electrons. The lowest BCUT2D eigenvalue weighted by molar-refractivity contribution is 0.0483. The summed E-state index contributed by atoms with van der Waals surface area (Å²) in [6, 6.07) is 7.07. The van der Waals surface area contributed by atoms with Gasteiger partial charge in [-0.3, -0.25) is 0 Å². The van der Waals surface area contributed by atoms with Crippen molar-refractivity contribution < 1.29 is 13.9 Å². The van der Waals surface area contributed by atoms with Crippen LogP contribution >= 0.6 is 0 Å². The van der Waals surface area contributed by atoms with Crippen LogP contribution in [0, 0.1) is 0 Å². The van der Waals surface area contributed by atoms with Gasteiger partial charge >= 0.3 is 5.97 Å². The van der Waals surface area contributed by atoms with Gasteiger partial charge in [-0.2, -0.15) is 0 Å². The van der Waals surface area contributed by atoms with Gasteiger partial charge in [-0.05, 0) is 18.2 Å². The monoisotopic (exact) mass is 207 g/mol. The highest BCUT2D eigenvalue weighted by molar-refractivity contribution is 6.03. The third-order valence-electron chi connectivity index (χ3n) is 2.13. The first-order valence-corrected chi connectivity index (χ1v) is 4.62. The minimum absolute atomic E-state index is 0.195.